The molecule has 0 amide bonds. The Morgan fingerprint density at radius 1 is 1.37 bits per heavy atom. The van der Waals surface area contributed by atoms with Gasteiger partial charge in [-0.2, -0.15) is 0 Å². The summed E-state index contributed by atoms with van der Waals surface area (Å²) in [5, 5.41) is 0. The average molecular weight is 262 g/mol. The van der Waals surface area contributed by atoms with Gasteiger partial charge in [0.05, 0.1) is 6.61 Å². The fourth-order valence-electron chi connectivity index (χ4n) is 2.68. The molecule has 106 valence electrons. The van der Waals surface area contributed by atoms with Crippen LogP contribution >= 0.6 is 0 Å². The van der Waals surface area contributed by atoms with Gasteiger partial charge in [0.1, 0.15) is 5.75 Å². The smallest absolute Gasteiger partial charge is 0.122 e. The highest BCUT2D eigenvalue weighted by atomic mass is 16.5. The number of nitrogens with two attached hydrogens (primary N) is 1. The topological polar surface area (TPSA) is 38.5 Å². The van der Waals surface area contributed by atoms with Crippen LogP contribution in [-0.4, -0.2) is 36.7 Å². The van der Waals surface area contributed by atoms with Crippen molar-refractivity contribution in [2.75, 3.05) is 26.2 Å². The molecule has 2 rings (SSSR count). The zero-order valence-corrected chi connectivity index (χ0v) is 12.4. The minimum atomic E-state index is 0.0780. The Hall–Kier alpha value is -1.06. The second-order valence-electron chi connectivity index (χ2n) is 5.89. The molecule has 3 heteroatoms. The van der Waals surface area contributed by atoms with E-state index >= 15 is 0 Å². The first kappa shape index (κ1) is 14.4. The lowest BCUT2D eigenvalue weighted by Gasteiger charge is -2.37. The molecule has 2 N–H and O–H groups in total. The van der Waals surface area contributed by atoms with Gasteiger partial charge in [-0.15, -0.1) is 0 Å². The van der Waals surface area contributed by atoms with Crippen LogP contribution in [0, 0.1) is 0 Å². The molecule has 0 aliphatic carbocycles. The summed E-state index contributed by atoms with van der Waals surface area (Å²) in [6.45, 7) is 10.3. The summed E-state index contributed by atoms with van der Waals surface area (Å²) in [5.74, 6) is 1.07. The molecule has 1 aromatic rings. The fraction of sp³-hybridized carbons (Fsp3) is 0.625. The number of hydrogen-bond donors (Lipinski definition) is 1. The fourth-order valence-corrected chi connectivity index (χ4v) is 2.68. The zero-order chi connectivity index (χ0) is 13.9. The standard InChI is InChI=1S/C16H26N2O/c1-4-18(16(2,3)12-17)9-7-13-5-6-15-14(11-13)8-10-19-15/h5-6,11H,4,7-10,12,17H2,1-3H3. The molecule has 0 spiro atoms. The van der Waals surface area contributed by atoms with E-state index in [2.05, 4.69) is 43.9 Å². The van der Waals surface area contributed by atoms with Crippen LogP contribution in [0.4, 0.5) is 0 Å². The molecule has 0 radical (unpaired) electrons. The number of rotatable bonds is 6. The van der Waals surface area contributed by atoms with E-state index in [0.29, 0.717) is 6.54 Å². The van der Waals surface area contributed by atoms with Crippen LogP contribution in [0.2, 0.25) is 0 Å². The van der Waals surface area contributed by atoms with E-state index < -0.39 is 0 Å². The van der Waals surface area contributed by atoms with Gasteiger partial charge in [-0.1, -0.05) is 19.1 Å². The van der Waals surface area contributed by atoms with Gasteiger partial charge < -0.3 is 10.5 Å². The van der Waals surface area contributed by atoms with Crippen molar-refractivity contribution < 1.29 is 4.74 Å². The number of likely N-dealkylation sites (N-methyl/N-ethyl adjacent to an activating group) is 1. The molecule has 3 nitrogen and oxygen atoms in total. The van der Waals surface area contributed by atoms with Crippen molar-refractivity contribution >= 4 is 0 Å². The molecule has 0 unspecified atom stereocenters. The van der Waals surface area contributed by atoms with E-state index in [9.17, 15) is 0 Å². The summed E-state index contributed by atoms with van der Waals surface area (Å²) < 4.78 is 5.54. The van der Waals surface area contributed by atoms with E-state index in [4.69, 9.17) is 10.5 Å². The summed E-state index contributed by atoms with van der Waals surface area (Å²) in [6.07, 6.45) is 2.12. The largest absolute Gasteiger partial charge is 0.493 e. The predicted molar refractivity (Wildman–Crippen MR) is 79.7 cm³/mol. The maximum absolute atomic E-state index is 5.87. The normalized spacial score (nSPS) is 14.6. The van der Waals surface area contributed by atoms with Crippen LogP contribution in [0.3, 0.4) is 0 Å². The Morgan fingerprint density at radius 2 is 2.16 bits per heavy atom. The first-order chi connectivity index (χ1) is 9.06. The molecule has 1 aromatic carbocycles. The van der Waals surface area contributed by atoms with Crippen LogP contribution in [0.25, 0.3) is 0 Å². The van der Waals surface area contributed by atoms with Crippen molar-refractivity contribution in [3.63, 3.8) is 0 Å². The number of benzene rings is 1. The van der Waals surface area contributed by atoms with E-state index in [-0.39, 0.29) is 5.54 Å². The summed E-state index contributed by atoms with van der Waals surface area (Å²) in [7, 11) is 0. The molecule has 0 atom stereocenters. The Balaban J connectivity index is 1.98. The summed E-state index contributed by atoms with van der Waals surface area (Å²) >= 11 is 0. The van der Waals surface area contributed by atoms with Crippen molar-refractivity contribution in [3.05, 3.63) is 29.3 Å². The van der Waals surface area contributed by atoms with Crippen molar-refractivity contribution in [1.29, 1.82) is 0 Å². The number of nitrogens with zero attached hydrogens (tertiary/aromatic N) is 1. The van der Waals surface area contributed by atoms with Crippen LogP contribution < -0.4 is 10.5 Å². The van der Waals surface area contributed by atoms with Crippen LogP contribution in [-0.2, 0) is 12.8 Å². The van der Waals surface area contributed by atoms with E-state index in [1.54, 1.807) is 0 Å². The minimum Gasteiger partial charge on any atom is -0.493 e. The van der Waals surface area contributed by atoms with Crippen molar-refractivity contribution in [1.82, 2.24) is 4.90 Å². The predicted octanol–water partition coefficient (Wildman–Crippen LogP) is 2.22. The molecule has 0 bridgehead atoms. The van der Waals surface area contributed by atoms with Crippen LogP contribution in [0.15, 0.2) is 18.2 Å². The second kappa shape index (κ2) is 5.93. The van der Waals surface area contributed by atoms with E-state index in [1.807, 2.05) is 0 Å². The molecule has 0 aromatic heterocycles. The third kappa shape index (κ3) is 3.28. The summed E-state index contributed by atoms with van der Waals surface area (Å²) in [6, 6.07) is 6.60. The van der Waals surface area contributed by atoms with Crippen molar-refractivity contribution in [3.8, 4) is 5.75 Å². The number of hydrogen-bond acceptors (Lipinski definition) is 3. The Bertz CT molecular complexity index is 429. The summed E-state index contributed by atoms with van der Waals surface area (Å²) in [5.41, 5.74) is 8.70. The second-order valence-corrected chi connectivity index (χ2v) is 5.89. The highest BCUT2D eigenvalue weighted by Gasteiger charge is 2.23. The highest BCUT2D eigenvalue weighted by molar-refractivity contribution is 5.39. The molecular formula is C16H26N2O. The Kier molecular flexibility index (Phi) is 4.48. The Morgan fingerprint density at radius 3 is 2.84 bits per heavy atom. The number of fused-ring (bicyclic) bond motifs is 1. The quantitative estimate of drug-likeness (QED) is 0.854. The molecule has 1 heterocycles. The van der Waals surface area contributed by atoms with Gasteiger partial charge in [-0.05, 0) is 44.0 Å². The van der Waals surface area contributed by atoms with Crippen molar-refractivity contribution in [2.45, 2.75) is 39.2 Å². The van der Waals surface area contributed by atoms with Gasteiger partial charge in [0.2, 0.25) is 0 Å². The molecule has 1 aliphatic rings. The van der Waals surface area contributed by atoms with Crippen LogP contribution in [0.5, 0.6) is 5.75 Å². The van der Waals surface area contributed by atoms with Crippen LogP contribution in [0.1, 0.15) is 31.9 Å². The SMILES string of the molecule is CCN(CCc1ccc2c(c1)CCO2)C(C)(C)CN. The minimum absolute atomic E-state index is 0.0780. The zero-order valence-electron chi connectivity index (χ0n) is 12.4. The lowest BCUT2D eigenvalue weighted by atomic mass is 10.0. The molecule has 0 saturated heterocycles. The molecule has 19 heavy (non-hydrogen) atoms. The first-order valence-electron chi connectivity index (χ1n) is 7.26. The lowest BCUT2D eigenvalue weighted by molar-refractivity contribution is 0.136. The molecular weight excluding hydrogens is 236 g/mol. The molecule has 0 fully saturated rings. The third-order valence-corrected chi connectivity index (χ3v) is 4.16. The Labute approximate surface area is 116 Å². The monoisotopic (exact) mass is 262 g/mol. The van der Waals surface area contributed by atoms with Gasteiger partial charge in [0.25, 0.3) is 0 Å². The van der Waals surface area contributed by atoms with E-state index in [1.165, 1.54) is 11.1 Å². The average Bonchev–Trinajstić information content (AvgIpc) is 2.86. The number of ether oxygens (including phenoxy) is 1. The van der Waals surface area contributed by atoms with Gasteiger partial charge in [0.15, 0.2) is 0 Å². The third-order valence-electron chi connectivity index (χ3n) is 4.16. The molecule has 0 saturated carbocycles. The first-order valence-corrected chi connectivity index (χ1v) is 7.26. The maximum Gasteiger partial charge on any atom is 0.122 e. The van der Waals surface area contributed by atoms with Gasteiger partial charge in [-0.3, -0.25) is 4.90 Å². The van der Waals surface area contributed by atoms with Gasteiger partial charge in [0, 0.05) is 25.0 Å². The van der Waals surface area contributed by atoms with Crippen molar-refractivity contribution in [2.24, 2.45) is 5.73 Å². The lowest BCUT2D eigenvalue weighted by Crippen LogP contribution is -2.49. The highest BCUT2D eigenvalue weighted by Crippen LogP contribution is 2.26. The summed E-state index contributed by atoms with van der Waals surface area (Å²) in [4.78, 5) is 2.46. The van der Waals surface area contributed by atoms with Gasteiger partial charge >= 0.3 is 0 Å². The van der Waals surface area contributed by atoms with Gasteiger partial charge in [-0.25, -0.2) is 0 Å². The maximum atomic E-state index is 5.87. The van der Waals surface area contributed by atoms with E-state index in [0.717, 1.165) is 38.3 Å². The molecule has 1 aliphatic heterocycles.